The molecular weight excluding hydrogens is 342 g/mol. The van der Waals surface area contributed by atoms with Gasteiger partial charge in [-0.2, -0.15) is 4.98 Å². The second-order valence-electron chi connectivity index (χ2n) is 6.79. The molecule has 1 fully saturated rings. The Kier molecular flexibility index (Phi) is 4.43. The van der Waals surface area contributed by atoms with Crippen LogP contribution in [0.1, 0.15) is 32.2 Å². The van der Waals surface area contributed by atoms with E-state index < -0.39 is 6.23 Å². The second kappa shape index (κ2) is 6.62. The Hall–Kier alpha value is -2.01. The third-order valence-corrected chi connectivity index (χ3v) is 4.99. The molecule has 0 spiro atoms. The van der Waals surface area contributed by atoms with Crippen LogP contribution in [-0.4, -0.2) is 63.3 Å². The first-order valence-corrected chi connectivity index (χ1v) is 8.64. The van der Waals surface area contributed by atoms with E-state index in [1.165, 1.54) is 4.57 Å². The molecule has 4 rings (SSSR count). The second-order valence-corrected chi connectivity index (χ2v) is 6.79. The van der Waals surface area contributed by atoms with Gasteiger partial charge in [-0.25, -0.2) is 9.55 Å². The van der Waals surface area contributed by atoms with Gasteiger partial charge >= 0.3 is 0 Å². The Morgan fingerprint density at radius 3 is 2.96 bits per heavy atom. The van der Waals surface area contributed by atoms with Crippen LogP contribution in [0.25, 0.3) is 11.2 Å². The summed E-state index contributed by atoms with van der Waals surface area (Å²) in [5, 5.41) is 13.4. The van der Waals surface area contributed by atoms with Crippen molar-refractivity contribution in [2.24, 2.45) is 0 Å². The van der Waals surface area contributed by atoms with Gasteiger partial charge in [0.05, 0.1) is 19.0 Å². The Morgan fingerprint density at radius 1 is 1.42 bits per heavy atom. The van der Waals surface area contributed by atoms with Gasteiger partial charge in [0, 0.05) is 33.1 Å². The van der Waals surface area contributed by atoms with Crippen LogP contribution in [0.4, 0.5) is 5.95 Å². The van der Waals surface area contributed by atoms with Crippen LogP contribution in [0.15, 0.2) is 11.1 Å². The van der Waals surface area contributed by atoms with Gasteiger partial charge in [-0.1, -0.05) is 0 Å². The molecule has 142 valence electrons. The zero-order chi connectivity index (χ0) is 18.4. The van der Waals surface area contributed by atoms with Gasteiger partial charge < -0.3 is 24.6 Å². The molecule has 0 radical (unpaired) electrons. The molecule has 0 amide bonds. The number of nitrogens with zero attached hydrogens (tertiary/aromatic N) is 4. The van der Waals surface area contributed by atoms with E-state index in [0.717, 1.165) is 0 Å². The minimum absolute atomic E-state index is 0.0115. The number of fused-ring (bicyclic) bond motifs is 2. The zero-order valence-corrected chi connectivity index (χ0v) is 15.0. The van der Waals surface area contributed by atoms with Crippen molar-refractivity contribution in [3.8, 4) is 0 Å². The molecular formula is C16H23N5O5. The number of anilines is 1. The number of imidazole rings is 1. The third kappa shape index (κ3) is 2.69. The number of aliphatic hydroxyl groups excluding tert-OH is 1. The lowest BCUT2D eigenvalue weighted by molar-refractivity contribution is -0.0597. The van der Waals surface area contributed by atoms with E-state index in [4.69, 9.17) is 14.2 Å². The van der Waals surface area contributed by atoms with Crippen LogP contribution in [0.5, 0.6) is 0 Å². The molecule has 2 aliphatic heterocycles. The monoisotopic (exact) mass is 365 g/mol. The predicted molar refractivity (Wildman–Crippen MR) is 91.9 cm³/mol. The number of methoxy groups -OCH3 is 2. The summed E-state index contributed by atoms with van der Waals surface area (Å²) in [6, 6.07) is 0.0115. The van der Waals surface area contributed by atoms with Gasteiger partial charge in [-0.3, -0.25) is 9.36 Å². The van der Waals surface area contributed by atoms with E-state index in [1.807, 2.05) is 6.92 Å². The number of hydrogen-bond acceptors (Lipinski definition) is 8. The molecule has 1 saturated heterocycles. The van der Waals surface area contributed by atoms with Gasteiger partial charge in [-0.15, -0.1) is 0 Å². The SMILES string of the molecule is COC[C@H]1O[C@@H](n2cnc3c(=O)n4c(nc32)NC(C)CC4O)C[C@@H]1OC. The first-order valence-electron chi connectivity index (χ1n) is 8.64. The maximum atomic E-state index is 12.8. The smallest absolute Gasteiger partial charge is 0.285 e. The molecule has 5 atom stereocenters. The molecule has 2 aliphatic rings. The average Bonchev–Trinajstić information content (AvgIpc) is 3.18. The lowest BCUT2D eigenvalue weighted by atomic mass is 10.2. The summed E-state index contributed by atoms with van der Waals surface area (Å²) in [5.74, 6) is 0.338. The van der Waals surface area contributed by atoms with Crippen LogP contribution >= 0.6 is 0 Å². The highest BCUT2D eigenvalue weighted by Crippen LogP contribution is 2.33. The highest BCUT2D eigenvalue weighted by Gasteiger charge is 2.37. The standard InChI is InChI=1S/C16H23N5O5/c1-8-4-11(22)21-15(23)13-14(19-16(21)18-8)20(7-17-13)12-5-9(25-3)10(26-12)6-24-2/h7-12,22H,4-6H2,1-3H3,(H,18,19)/t8?,9-,10+,11?,12+/m0/s1. The van der Waals surface area contributed by atoms with Crippen molar-refractivity contribution in [2.75, 3.05) is 26.1 Å². The van der Waals surface area contributed by atoms with Crippen molar-refractivity contribution in [2.45, 2.75) is 50.5 Å². The number of aliphatic hydroxyl groups is 1. The van der Waals surface area contributed by atoms with Crippen molar-refractivity contribution < 1.29 is 19.3 Å². The van der Waals surface area contributed by atoms with E-state index in [2.05, 4.69) is 15.3 Å². The fraction of sp³-hybridized carbons (Fsp3) is 0.688. The van der Waals surface area contributed by atoms with Crippen molar-refractivity contribution in [1.29, 1.82) is 0 Å². The lowest BCUT2D eigenvalue weighted by Crippen LogP contribution is -2.38. The minimum Gasteiger partial charge on any atom is -0.382 e. The van der Waals surface area contributed by atoms with Gasteiger partial charge in [0.25, 0.3) is 5.56 Å². The van der Waals surface area contributed by atoms with Gasteiger partial charge in [-0.05, 0) is 6.92 Å². The van der Waals surface area contributed by atoms with E-state index >= 15 is 0 Å². The summed E-state index contributed by atoms with van der Waals surface area (Å²) in [4.78, 5) is 21.5. The number of aromatic nitrogens is 4. The van der Waals surface area contributed by atoms with E-state index in [9.17, 15) is 9.90 Å². The molecule has 2 aromatic rings. The first kappa shape index (κ1) is 17.4. The topological polar surface area (TPSA) is 113 Å². The molecule has 0 bridgehead atoms. The van der Waals surface area contributed by atoms with Gasteiger partial charge in [0.15, 0.2) is 11.2 Å². The molecule has 0 saturated carbocycles. The number of rotatable bonds is 4. The Morgan fingerprint density at radius 2 is 2.23 bits per heavy atom. The number of hydrogen-bond donors (Lipinski definition) is 2. The van der Waals surface area contributed by atoms with Crippen molar-refractivity contribution in [3.05, 3.63) is 16.7 Å². The first-order chi connectivity index (χ1) is 12.5. The summed E-state index contributed by atoms with van der Waals surface area (Å²) in [6.45, 7) is 2.34. The van der Waals surface area contributed by atoms with Crippen LogP contribution in [0.2, 0.25) is 0 Å². The number of ether oxygens (including phenoxy) is 3. The highest BCUT2D eigenvalue weighted by atomic mass is 16.6. The largest absolute Gasteiger partial charge is 0.382 e. The lowest BCUT2D eigenvalue weighted by Gasteiger charge is -2.28. The summed E-state index contributed by atoms with van der Waals surface area (Å²) in [5.41, 5.74) is 0.260. The van der Waals surface area contributed by atoms with Crippen LogP contribution in [0.3, 0.4) is 0 Å². The van der Waals surface area contributed by atoms with Crippen molar-refractivity contribution >= 4 is 17.1 Å². The maximum Gasteiger partial charge on any atom is 0.285 e. The minimum atomic E-state index is -0.914. The fourth-order valence-electron chi connectivity index (χ4n) is 3.70. The van der Waals surface area contributed by atoms with Crippen LogP contribution in [-0.2, 0) is 14.2 Å². The molecule has 0 aromatic carbocycles. The quantitative estimate of drug-likeness (QED) is 0.792. The zero-order valence-electron chi connectivity index (χ0n) is 15.0. The average molecular weight is 365 g/mol. The maximum absolute atomic E-state index is 12.8. The van der Waals surface area contributed by atoms with Gasteiger partial charge in [0.2, 0.25) is 5.95 Å². The summed E-state index contributed by atoms with van der Waals surface area (Å²) >= 11 is 0. The van der Waals surface area contributed by atoms with Gasteiger partial charge in [0.1, 0.15) is 18.6 Å². The van der Waals surface area contributed by atoms with E-state index in [-0.39, 0.29) is 35.6 Å². The van der Waals surface area contributed by atoms with Crippen LogP contribution in [0, 0.1) is 0 Å². The molecule has 10 heteroatoms. The summed E-state index contributed by atoms with van der Waals surface area (Å²) < 4.78 is 19.7. The Labute approximate surface area is 149 Å². The molecule has 26 heavy (non-hydrogen) atoms. The van der Waals surface area contributed by atoms with E-state index in [0.29, 0.717) is 31.0 Å². The molecule has 2 aromatic heterocycles. The highest BCUT2D eigenvalue weighted by molar-refractivity contribution is 5.71. The van der Waals surface area contributed by atoms with E-state index in [1.54, 1.807) is 25.1 Å². The Bertz CT molecular complexity index is 865. The Balaban J connectivity index is 1.75. The normalized spacial score (nSPS) is 31.2. The van der Waals surface area contributed by atoms with Crippen molar-refractivity contribution in [3.63, 3.8) is 0 Å². The molecule has 4 heterocycles. The molecule has 2 unspecified atom stereocenters. The van der Waals surface area contributed by atoms with Crippen molar-refractivity contribution in [1.82, 2.24) is 19.1 Å². The third-order valence-electron chi connectivity index (χ3n) is 4.99. The summed E-state index contributed by atoms with van der Waals surface area (Å²) in [7, 11) is 3.25. The predicted octanol–water partition coefficient (Wildman–Crippen LogP) is 0.237. The molecule has 0 aliphatic carbocycles. The molecule has 10 nitrogen and oxygen atoms in total. The number of nitrogens with one attached hydrogen (secondary N) is 1. The summed E-state index contributed by atoms with van der Waals surface area (Å²) in [6.07, 6.45) is 0.993. The van der Waals surface area contributed by atoms with Crippen LogP contribution < -0.4 is 10.9 Å². The molecule has 2 N–H and O–H groups in total. The fourth-order valence-corrected chi connectivity index (χ4v) is 3.70.